The molecule has 0 heterocycles. The molecule has 0 aliphatic carbocycles. The van der Waals surface area contributed by atoms with Gasteiger partial charge in [0.05, 0.1) is 12.1 Å². The van der Waals surface area contributed by atoms with Crippen LogP contribution in [0.4, 0.5) is 36.4 Å². The van der Waals surface area contributed by atoms with Crippen LogP contribution in [0.25, 0.3) is 0 Å². The van der Waals surface area contributed by atoms with Gasteiger partial charge in [0.2, 0.25) is 0 Å². The molecular formula is C25H21ClF7NO2. The molecule has 0 spiro atoms. The summed E-state index contributed by atoms with van der Waals surface area (Å²) in [5, 5.41) is 10.2. The van der Waals surface area contributed by atoms with Gasteiger partial charge in [-0.25, -0.2) is 4.39 Å². The van der Waals surface area contributed by atoms with Gasteiger partial charge in [0.15, 0.2) is 6.10 Å². The third kappa shape index (κ3) is 7.04. The minimum Gasteiger partial charge on any atom is -0.457 e. The normalized spacial score (nSPS) is 12.9. The second-order valence-corrected chi connectivity index (χ2v) is 8.36. The zero-order valence-corrected chi connectivity index (χ0v) is 19.6. The molecule has 3 aromatic rings. The molecule has 11 heteroatoms. The van der Waals surface area contributed by atoms with E-state index in [2.05, 4.69) is 0 Å². The highest BCUT2D eigenvalue weighted by Gasteiger charge is 2.39. The molecule has 0 radical (unpaired) electrons. The average molecular weight is 536 g/mol. The molecule has 3 rings (SSSR count). The van der Waals surface area contributed by atoms with E-state index in [1.54, 1.807) is 24.3 Å². The van der Waals surface area contributed by atoms with Gasteiger partial charge in [-0.1, -0.05) is 30.7 Å². The number of anilines is 1. The Labute approximate surface area is 207 Å². The Kier molecular flexibility index (Phi) is 8.40. The number of aryl methyl sites for hydroxylation is 1. The molecule has 0 fully saturated rings. The summed E-state index contributed by atoms with van der Waals surface area (Å²) in [6, 6.07) is 13.0. The van der Waals surface area contributed by atoms with Crippen molar-refractivity contribution in [3.8, 4) is 11.5 Å². The number of benzene rings is 3. The molecule has 0 saturated heterocycles. The second-order valence-electron chi connectivity index (χ2n) is 7.96. The van der Waals surface area contributed by atoms with Crippen LogP contribution in [0.2, 0.25) is 5.02 Å². The Morgan fingerprint density at radius 1 is 0.944 bits per heavy atom. The third-order valence-corrected chi connectivity index (χ3v) is 5.67. The summed E-state index contributed by atoms with van der Waals surface area (Å²) in [7, 11) is 0. The first-order valence-corrected chi connectivity index (χ1v) is 11.1. The predicted octanol–water partition coefficient (Wildman–Crippen LogP) is 7.78. The summed E-state index contributed by atoms with van der Waals surface area (Å²) in [5.41, 5.74) is -0.687. The topological polar surface area (TPSA) is 32.7 Å². The van der Waals surface area contributed by atoms with E-state index in [4.69, 9.17) is 16.3 Å². The zero-order chi connectivity index (χ0) is 26.7. The fourth-order valence-electron chi connectivity index (χ4n) is 3.45. The number of aliphatic hydroxyl groups excluding tert-OH is 1. The maximum atomic E-state index is 13.7. The number of rotatable bonds is 8. The lowest BCUT2D eigenvalue weighted by molar-refractivity contribution is -0.200. The lowest BCUT2D eigenvalue weighted by Gasteiger charge is -2.29. The summed E-state index contributed by atoms with van der Waals surface area (Å²) in [6.45, 7) is 0.447. The van der Waals surface area contributed by atoms with Crippen LogP contribution in [0.1, 0.15) is 23.6 Å². The van der Waals surface area contributed by atoms with Crippen molar-refractivity contribution in [1.29, 1.82) is 0 Å². The predicted molar refractivity (Wildman–Crippen MR) is 122 cm³/mol. The minimum atomic E-state index is -4.99. The van der Waals surface area contributed by atoms with Gasteiger partial charge in [0, 0.05) is 23.3 Å². The maximum Gasteiger partial charge on any atom is 0.419 e. The molecule has 0 aliphatic rings. The molecule has 1 unspecified atom stereocenters. The number of ether oxygens (including phenoxy) is 1. The highest BCUT2D eigenvalue weighted by Crippen LogP contribution is 2.34. The van der Waals surface area contributed by atoms with Crippen molar-refractivity contribution < 1.29 is 40.6 Å². The van der Waals surface area contributed by atoms with E-state index in [1.165, 1.54) is 18.2 Å². The van der Waals surface area contributed by atoms with E-state index < -0.39 is 42.9 Å². The van der Waals surface area contributed by atoms with Crippen molar-refractivity contribution in [2.75, 3.05) is 11.4 Å². The van der Waals surface area contributed by atoms with Gasteiger partial charge >= 0.3 is 12.4 Å². The molecular weight excluding hydrogens is 515 g/mol. The molecule has 0 aromatic heterocycles. The van der Waals surface area contributed by atoms with Gasteiger partial charge < -0.3 is 14.7 Å². The smallest absolute Gasteiger partial charge is 0.419 e. The van der Waals surface area contributed by atoms with Crippen LogP contribution in [-0.4, -0.2) is 23.9 Å². The zero-order valence-electron chi connectivity index (χ0n) is 18.8. The second kappa shape index (κ2) is 11.0. The lowest BCUT2D eigenvalue weighted by atomic mass is 10.1. The summed E-state index contributed by atoms with van der Waals surface area (Å²) < 4.78 is 98.2. The van der Waals surface area contributed by atoms with Crippen LogP contribution >= 0.6 is 11.6 Å². The van der Waals surface area contributed by atoms with E-state index >= 15 is 0 Å². The molecule has 36 heavy (non-hydrogen) atoms. The average Bonchev–Trinajstić information content (AvgIpc) is 2.79. The Balaban J connectivity index is 1.94. The van der Waals surface area contributed by atoms with Gasteiger partial charge in [-0.15, -0.1) is 0 Å². The number of halogens is 8. The number of alkyl halides is 6. The van der Waals surface area contributed by atoms with Crippen molar-refractivity contribution in [1.82, 2.24) is 0 Å². The largest absolute Gasteiger partial charge is 0.457 e. The highest BCUT2D eigenvalue weighted by molar-refractivity contribution is 6.31. The van der Waals surface area contributed by atoms with Gasteiger partial charge in [-0.05, 0) is 60.0 Å². The first kappa shape index (κ1) is 27.6. The van der Waals surface area contributed by atoms with Gasteiger partial charge in [0.25, 0.3) is 0 Å². The molecule has 194 valence electrons. The standard InChI is InChI=1S/C25H21ClF7NO2/c1-2-16-11-19(7-8-21(16)26)36-18-5-3-4-17(12-18)34(14-23(35)25(31,32)33)13-15-6-9-22(27)20(10-15)24(28,29)30/h3-12,23,35H,2,13-14H2,1H3. The lowest BCUT2D eigenvalue weighted by Crippen LogP contribution is -2.40. The van der Waals surface area contributed by atoms with Crippen molar-refractivity contribution >= 4 is 17.3 Å². The summed E-state index contributed by atoms with van der Waals surface area (Å²) in [6.07, 6.45) is -12.1. The molecule has 3 aromatic carbocycles. The van der Waals surface area contributed by atoms with Crippen LogP contribution in [0.5, 0.6) is 11.5 Å². The number of aliphatic hydroxyl groups is 1. The van der Waals surface area contributed by atoms with Crippen molar-refractivity contribution in [2.45, 2.75) is 38.3 Å². The van der Waals surface area contributed by atoms with Gasteiger partial charge in [-0.3, -0.25) is 0 Å². The van der Waals surface area contributed by atoms with Gasteiger partial charge in [-0.2, -0.15) is 26.3 Å². The maximum absolute atomic E-state index is 13.7. The summed E-state index contributed by atoms with van der Waals surface area (Å²) in [4.78, 5) is 1.04. The number of hydrogen-bond acceptors (Lipinski definition) is 3. The first-order chi connectivity index (χ1) is 16.8. The first-order valence-electron chi connectivity index (χ1n) is 10.7. The monoisotopic (exact) mass is 535 g/mol. The molecule has 3 nitrogen and oxygen atoms in total. The quantitative estimate of drug-likeness (QED) is 0.299. The van der Waals surface area contributed by atoms with Crippen LogP contribution < -0.4 is 9.64 Å². The Bertz CT molecular complexity index is 1200. The fraction of sp³-hybridized carbons (Fsp3) is 0.280. The molecule has 1 N–H and O–H groups in total. The van der Waals surface area contributed by atoms with Crippen LogP contribution in [0.3, 0.4) is 0 Å². The molecule has 0 bridgehead atoms. The van der Waals surface area contributed by atoms with Crippen LogP contribution in [0, 0.1) is 5.82 Å². The van der Waals surface area contributed by atoms with Crippen LogP contribution in [0.15, 0.2) is 60.7 Å². The number of hydrogen-bond donors (Lipinski definition) is 1. The van der Waals surface area contributed by atoms with E-state index in [0.717, 1.165) is 16.5 Å². The Morgan fingerprint density at radius 3 is 2.28 bits per heavy atom. The molecule has 0 aliphatic heterocycles. The highest BCUT2D eigenvalue weighted by atomic mass is 35.5. The summed E-state index contributed by atoms with van der Waals surface area (Å²) in [5.74, 6) is -0.847. The van der Waals surface area contributed by atoms with E-state index in [0.29, 0.717) is 29.3 Å². The number of nitrogens with zero attached hydrogens (tertiary/aromatic N) is 1. The third-order valence-electron chi connectivity index (χ3n) is 5.30. The molecule has 0 amide bonds. The van der Waals surface area contributed by atoms with E-state index in [1.807, 2.05) is 6.92 Å². The van der Waals surface area contributed by atoms with E-state index in [9.17, 15) is 35.8 Å². The minimum absolute atomic E-state index is 0.102. The van der Waals surface area contributed by atoms with Crippen molar-refractivity contribution in [2.24, 2.45) is 0 Å². The van der Waals surface area contributed by atoms with Crippen molar-refractivity contribution in [3.05, 3.63) is 88.2 Å². The van der Waals surface area contributed by atoms with Crippen LogP contribution in [-0.2, 0) is 19.1 Å². The van der Waals surface area contributed by atoms with Crippen molar-refractivity contribution in [3.63, 3.8) is 0 Å². The Hall–Kier alpha value is -2.98. The fourth-order valence-corrected chi connectivity index (χ4v) is 3.70. The van der Waals surface area contributed by atoms with E-state index in [-0.39, 0.29) is 17.0 Å². The Morgan fingerprint density at radius 2 is 1.64 bits per heavy atom. The van der Waals surface area contributed by atoms with Gasteiger partial charge in [0.1, 0.15) is 17.3 Å². The SMILES string of the molecule is CCc1cc(Oc2cccc(N(Cc3ccc(F)c(C(F)(F)F)c3)CC(O)C(F)(F)F)c2)ccc1Cl. The summed E-state index contributed by atoms with van der Waals surface area (Å²) >= 11 is 6.11. The molecule has 1 atom stereocenters. The molecule has 0 saturated carbocycles.